The summed E-state index contributed by atoms with van der Waals surface area (Å²) in [4.78, 5) is 31.5. The first-order valence-corrected chi connectivity index (χ1v) is 6.73. The first kappa shape index (κ1) is 16.8. The average molecular weight is 327 g/mol. The molecule has 0 saturated carbocycles. The lowest BCUT2D eigenvalue weighted by molar-refractivity contribution is 0.0696. The molecule has 4 N–H and O–H groups in total. The Morgan fingerprint density at radius 3 is 1.92 bits per heavy atom. The van der Waals surface area contributed by atoms with E-state index < -0.39 is 17.8 Å². The number of carbonyl (C=O) groups excluding carboxylic acids is 1. The molecular weight excluding hydrogens is 314 g/mol. The van der Waals surface area contributed by atoms with Gasteiger partial charge in [-0.05, 0) is 30.3 Å². The van der Waals surface area contributed by atoms with Gasteiger partial charge < -0.3 is 20.4 Å². The number of nitrogens with two attached hydrogens (primary N) is 1. The van der Waals surface area contributed by atoms with Gasteiger partial charge in [0, 0.05) is 5.39 Å². The van der Waals surface area contributed by atoms with Crippen molar-refractivity contribution in [3.8, 4) is 0 Å². The van der Waals surface area contributed by atoms with E-state index in [9.17, 15) is 14.4 Å². The molecule has 0 bridgehead atoms. The van der Waals surface area contributed by atoms with Gasteiger partial charge in [-0.15, -0.1) is 0 Å². The van der Waals surface area contributed by atoms with Crippen LogP contribution in [-0.2, 0) is 0 Å². The molecule has 3 aromatic rings. The molecule has 3 rings (SSSR count). The average Bonchev–Trinajstić information content (AvgIpc) is 3.00. The summed E-state index contributed by atoms with van der Waals surface area (Å²) in [6, 6.07) is 14.2. The number of amides is 1. The van der Waals surface area contributed by atoms with Gasteiger partial charge in [0.25, 0.3) is 5.91 Å². The summed E-state index contributed by atoms with van der Waals surface area (Å²) in [6.45, 7) is 0. The first-order chi connectivity index (χ1) is 11.4. The predicted octanol–water partition coefficient (Wildman–Crippen LogP) is 2.61. The number of aromatic carboxylic acids is 2. The van der Waals surface area contributed by atoms with E-state index in [1.54, 1.807) is 12.1 Å². The van der Waals surface area contributed by atoms with Gasteiger partial charge in [0.2, 0.25) is 0 Å². The summed E-state index contributed by atoms with van der Waals surface area (Å²) >= 11 is 0. The summed E-state index contributed by atoms with van der Waals surface area (Å²) < 4.78 is 5.15. The molecule has 122 valence electrons. The van der Waals surface area contributed by atoms with Gasteiger partial charge in [-0.25, -0.2) is 9.59 Å². The lowest BCUT2D eigenvalue weighted by atomic mass is 10.1. The van der Waals surface area contributed by atoms with Crippen molar-refractivity contribution in [2.45, 2.75) is 0 Å². The third-order valence-corrected chi connectivity index (χ3v) is 3.02. The fraction of sp³-hybridized carbons (Fsp3) is 0. The maximum Gasteiger partial charge on any atom is 0.335 e. The number of para-hydroxylation sites is 1. The zero-order chi connectivity index (χ0) is 17.7. The molecule has 7 nitrogen and oxygen atoms in total. The molecule has 0 aliphatic rings. The second-order valence-corrected chi connectivity index (χ2v) is 4.70. The van der Waals surface area contributed by atoms with Crippen LogP contribution >= 0.6 is 0 Å². The van der Waals surface area contributed by atoms with Crippen LogP contribution in [0.25, 0.3) is 11.0 Å². The van der Waals surface area contributed by atoms with Crippen molar-refractivity contribution >= 4 is 28.8 Å². The summed E-state index contributed by atoms with van der Waals surface area (Å²) in [5.41, 5.74) is 5.69. The van der Waals surface area contributed by atoms with Crippen LogP contribution in [0.1, 0.15) is 31.3 Å². The maximum absolute atomic E-state index is 10.7. The quantitative estimate of drug-likeness (QED) is 0.677. The fourth-order valence-corrected chi connectivity index (χ4v) is 1.89. The Labute approximate surface area is 135 Å². The SMILES string of the molecule is NC(=O)c1cc2ccccc2o1.O=C(O)c1cccc(C(=O)O)c1. The number of benzene rings is 2. The van der Waals surface area contributed by atoms with Crippen molar-refractivity contribution in [3.05, 3.63) is 71.5 Å². The fourth-order valence-electron chi connectivity index (χ4n) is 1.89. The van der Waals surface area contributed by atoms with Crippen LogP contribution in [0, 0.1) is 0 Å². The minimum atomic E-state index is -1.13. The van der Waals surface area contributed by atoms with Crippen LogP contribution in [0.15, 0.2) is 59.0 Å². The summed E-state index contributed by atoms with van der Waals surface area (Å²) in [6.07, 6.45) is 0. The standard InChI is InChI=1S/C9H7NO2.C8H6O4/c10-9(11)8-5-6-3-1-2-4-7(6)12-8;9-7(10)5-2-1-3-6(4-5)8(11)12/h1-5H,(H2,10,11);1-4H,(H,9,10)(H,11,12). The minimum absolute atomic E-state index is 0.0186. The number of rotatable bonds is 3. The van der Waals surface area contributed by atoms with Gasteiger partial charge in [0.05, 0.1) is 11.1 Å². The van der Waals surface area contributed by atoms with Gasteiger partial charge in [-0.1, -0.05) is 24.3 Å². The van der Waals surface area contributed by atoms with Crippen LogP contribution in [0.5, 0.6) is 0 Å². The Balaban J connectivity index is 0.000000174. The topological polar surface area (TPSA) is 131 Å². The smallest absolute Gasteiger partial charge is 0.335 e. The lowest BCUT2D eigenvalue weighted by Gasteiger charge is -1.95. The van der Waals surface area contributed by atoms with Crippen LogP contribution in [-0.4, -0.2) is 28.1 Å². The Bertz CT molecular complexity index is 850. The van der Waals surface area contributed by atoms with E-state index in [1.807, 2.05) is 18.2 Å². The third-order valence-electron chi connectivity index (χ3n) is 3.02. The molecule has 1 heterocycles. The molecule has 0 saturated heterocycles. The van der Waals surface area contributed by atoms with Crippen LogP contribution < -0.4 is 5.73 Å². The highest BCUT2D eigenvalue weighted by molar-refractivity contribution is 5.95. The number of furan rings is 1. The van der Waals surface area contributed by atoms with E-state index >= 15 is 0 Å². The molecule has 0 atom stereocenters. The monoisotopic (exact) mass is 327 g/mol. The number of carboxylic acids is 2. The molecule has 0 aliphatic carbocycles. The predicted molar refractivity (Wildman–Crippen MR) is 85.1 cm³/mol. The van der Waals surface area contributed by atoms with Crippen LogP contribution in [0.2, 0.25) is 0 Å². The van der Waals surface area contributed by atoms with Crippen molar-refractivity contribution < 1.29 is 29.0 Å². The Kier molecular flexibility index (Phi) is 4.96. The van der Waals surface area contributed by atoms with Gasteiger partial charge in [-0.2, -0.15) is 0 Å². The number of hydrogen-bond donors (Lipinski definition) is 3. The Hall–Kier alpha value is -3.61. The van der Waals surface area contributed by atoms with Gasteiger partial charge in [0.1, 0.15) is 5.58 Å². The molecule has 0 fully saturated rings. The molecule has 0 spiro atoms. The highest BCUT2D eigenvalue weighted by atomic mass is 16.4. The van der Waals surface area contributed by atoms with Gasteiger partial charge in [-0.3, -0.25) is 4.79 Å². The first-order valence-electron chi connectivity index (χ1n) is 6.73. The van der Waals surface area contributed by atoms with E-state index in [0.29, 0.717) is 5.58 Å². The zero-order valence-electron chi connectivity index (χ0n) is 12.3. The summed E-state index contributed by atoms with van der Waals surface area (Å²) in [5.74, 6) is -2.58. The van der Waals surface area contributed by atoms with E-state index in [0.717, 1.165) is 11.5 Å². The van der Waals surface area contributed by atoms with E-state index in [-0.39, 0.29) is 16.9 Å². The molecule has 1 aromatic heterocycles. The third kappa shape index (κ3) is 3.98. The molecule has 2 aromatic carbocycles. The van der Waals surface area contributed by atoms with Crippen molar-refractivity contribution in [1.82, 2.24) is 0 Å². The molecule has 7 heteroatoms. The van der Waals surface area contributed by atoms with E-state index in [4.69, 9.17) is 20.4 Å². The Morgan fingerprint density at radius 2 is 1.42 bits per heavy atom. The summed E-state index contributed by atoms with van der Waals surface area (Å²) in [7, 11) is 0. The van der Waals surface area contributed by atoms with Crippen molar-refractivity contribution in [3.63, 3.8) is 0 Å². The number of hydrogen-bond acceptors (Lipinski definition) is 4. The highest BCUT2D eigenvalue weighted by Gasteiger charge is 2.07. The second kappa shape index (κ2) is 7.10. The van der Waals surface area contributed by atoms with E-state index in [1.165, 1.54) is 18.2 Å². The molecule has 1 amide bonds. The number of primary amides is 1. The van der Waals surface area contributed by atoms with Crippen LogP contribution in [0.4, 0.5) is 0 Å². The lowest BCUT2D eigenvalue weighted by Crippen LogP contribution is -2.08. The largest absolute Gasteiger partial charge is 0.478 e. The number of carbonyl (C=O) groups is 3. The van der Waals surface area contributed by atoms with Crippen molar-refractivity contribution in [2.24, 2.45) is 5.73 Å². The minimum Gasteiger partial charge on any atom is -0.478 e. The highest BCUT2D eigenvalue weighted by Crippen LogP contribution is 2.17. The van der Waals surface area contributed by atoms with Gasteiger partial charge >= 0.3 is 11.9 Å². The van der Waals surface area contributed by atoms with Crippen LogP contribution in [0.3, 0.4) is 0 Å². The second-order valence-electron chi connectivity index (χ2n) is 4.70. The number of carboxylic acid groups (broad SMARTS) is 2. The van der Waals surface area contributed by atoms with E-state index in [2.05, 4.69) is 0 Å². The summed E-state index contributed by atoms with van der Waals surface area (Å²) in [5, 5.41) is 17.9. The molecular formula is C17H13NO6. The number of fused-ring (bicyclic) bond motifs is 1. The van der Waals surface area contributed by atoms with Gasteiger partial charge in [0.15, 0.2) is 5.76 Å². The maximum atomic E-state index is 10.7. The normalized spacial score (nSPS) is 9.83. The Morgan fingerprint density at radius 1 is 0.833 bits per heavy atom. The molecule has 0 aliphatic heterocycles. The van der Waals surface area contributed by atoms with Crippen molar-refractivity contribution in [2.75, 3.05) is 0 Å². The molecule has 0 radical (unpaired) electrons. The zero-order valence-corrected chi connectivity index (χ0v) is 12.3. The molecule has 0 unspecified atom stereocenters. The van der Waals surface area contributed by atoms with Crippen molar-refractivity contribution in [1.29, 1.82) is 0 Å². The molecule has 24 heavy (non-hydrogen) atoms.